The van der Waals surface area contributed by atoms with E-state index >= 15 is 0 Å². The molecular weight excluding hydrogens is 166 g/mol. The summed E-state index contributed by atoms with van der Waals surface area (Å²) in [5.41, 5.74) is 0.864. The summed E-state index contributed by atoms with van der Waals surface area (Å²) in [5.74, 6) is -0.917. The highest BCUT2D eigenvalue weighted by Crippen LogP contribution is 2.08. The van der Waals surface area contributed by atoms with E-state index in [1.165, 1.54) is 0 Å². The Balaban J connectivity index is 4.70. The first-order valence-corrected chi connectivity index (χ1v) is 4.37. The molecule has 0 amide bonds. The highest BCUT2D eigenvalue weighted by Gasteiger charge is 2.08. The molecule has 0 fully saturated rings. The monoisotopic (exact) mass is 183 g/mol. The number of hydrogen-bond donors (Lipinski definition) is 1. The summed E-state index contributed by atoms with van der Waals surface area (Å²) in [6.07, 6.45) is 1.64. The molecule has 0 aromatic rings. The Morgan fingerprint density at radius 1 is 1.46 bits per heavy atom. The first-order chi connectivity index (χ1) is 6.02. The van der Waals surface area contributed by atoms with Gasteiger partial charge in [-0.25, -0.2) is 4.79 Å². The summed E-state index contributed by atoms with van der Waals surface area (Å²) in [4.78, 5) is 12.7. The minimum absolute atomic E-state index is 0.281. The number of hydrogen-bond acceptors (Lipinski definition) is 2. The Morgan fingerprint density at radius 2 is 1.92 bits per heavy atom. The second-order valence-corrected chi connectivity index (χ2v) is 2.85. The lowest BCUT2D eigenvalue weighted by molar-refractivity contribution is -0.132. The van der Waals surface area contributed by atoms with E-state index in [1.54, 1.807) is 13.1 Å². The van der Waals surface area contributed by atoms with Crippen LogP contribution in [0.4, 0.5) is 0 Å². The van der Waals surface area contributed by atoms with Crippen LogP contribution >= 0.6 is 0 Å². The van der Waals surface area contributed by atoms with E-state index in [2.05, 4.69) is 6.58 Å². The number of aliphatic carboxylic acids is 1. The molecule has 0 spiro atoms. The minimum atomic E-state index is -0.917. The van der Waals surface area contributed by atoms with Crippen LogP contribution in [0.2, 0.25) is 0 Å². The molecule has 0 rings (SSSR count). The molecule has 74 valence electrons. The van der Waals surface area contributed by atoms with Gasteiger partial charge in [-0.05, 0) is 26.3 Å². The van der Waals surface area contributed by atoms with Gasteiger partial charge in [-0.1, -0.05) is 6.58 Å². The van der Waals surface area contributed by atoms with Gasteiger partial charge in [-0.3, -0.25) is 0 Å². The van der Waals surface area contributed by atoms with Crippen molar-refractivity contribution in [2.75, 3.05) is 13.1 Å². The Labute approximate surface area is 79.4 Å². The molecule has 0 aliphatic rings. The maximum Gasteiger partial charge on any atom is 0.337 e. The predicted molar refractivity (Wildman–Crippen MR) is 53.5 cm³/mol. The maximum atomic E-state index is 10.8. The van der Waals surface area contributed by atoms with Gasteiger partial charge in [0.2, 0.25) is 0 Å². The van der Waals surface area contributed by atoms with Crippen LogP contribution in [0.15, 0.2) is 23.9 Å². The largest absolute Gasteiger partial charge is 0.478 e. The van der Waals surface area contributed by atoms with Crippen molar-refractivity contribution in [3.63, 3.8) is 0 Å². The molecule has 0 aromatic carbocycles. The van der Waals surface area contributed by atoms with Crippen molar-refractivity contribution in [3.05, 3.63) is 23.9 Å². The Hall–Kier alpha value is -1.25. The fraction of sp³-hybridized carbons (Fsp3) is 0.500. The predicted octanol–water partition coefficient (Wildman–Crippen LogP) is 1.87. The molecule has 0 unspecified atom stereocenters. The molecule has 0 aliphatic heterocycles. The fourth-order valence-electron chi connectivity index (χ4n) is 0.937. The number of rotatable bonds is 5. The summed E-state index contributed by atoms with van der Waals surface area (Å²) >= 11 is 0. The Morgan fingerprint density at radius 3 is 2.15 bits per heavy atom. The average Bonchev–Trinajstić information content (AvgIpc) is 2.05. The Kier molecular flexibility index (Phi) is 4.89. The molecule has 0 saturated heterocycles. The minimum Gasteiger partial charge on any atom is -0.478 e. The summed E-state index contributed by atoms with van der Waals surface area (Å²) in [6, 6.07) is 0. The van der Waals surface area contributed by atoms with Crippen molar-refractivity contribution < 1.29 is 9.90 Å². The van der Waals surface area contributed by atoms with E-state index in [4.69, 9.17) is 5.11 Å². The highest BCUT2D eigenvalue weighted by molar-refractivity contribution is 5.91. The summed E-state index contributed by atoms with van der Waals surface area (Å²) in [7, 11) is 0. The molecule has 13 heavy (non-hydrogen) atoms. The van der Waals surface area contributed by atoms with Crippen LogP contribution in [0.1, 0.15) is 20.8 Å². The quantitative estimate of drug-likeness (QED) is 0.522. The summed E-state index contributed by atoms with van der Waals surface area (Å²) < 4.78 is 0. The van der Waals surface area contributed by atoms with Crippen molar-refractivity contribution in [1.82, 2.24) is 4.90 Å². The third-order valence-corrected chi connectivity index (χ3v) is 1.81. The smallest absolute Gasteiger partial charge is 0.337 e. The van der Waals surface area contributed by atoms with E-state index in [-0.39, 0.29) is 5.57 Å². The summed E-state index contributed by atoms with van der Waals surface area (Å²) in [5, 5.41) is 8.83. The zero-order valence-corrected chi connectivity index (χ0v) is 8.50. The van der Waals surface area contributed by atoms with Crippen LogP contribution in [-0.4, -0.2) is 29.1 Å². The lowest BCUT2D eigenvalue weighted by atomic mass is 10.1. The van der Waals surface area contributed by atoms with E-state index in [0.29, 0.717) is 5.57 Å². The Bertz CT molecular complexity index is 211. The second kappa shape index (κ2) is 5.41. The summed E-state index contributed by atoms with van der Waals surface area (Å²) in [6.45, 7) is 10.9. The van der Waals surface area contributed by atoms with Crippen molar-refractivity contribution in [2.24, 2.45) is 0 Å². The number of carboxylic acid groups (broad SMARTS) is 1. The number of nitrogens with zero attached hydrogens (tertiary/aromatic N) is 1. The number of carbonyl (C=O) groups is 1. The van der Waals surface area contributed by atoms with Crippen molar-refractivity contribution in [2.45, 2.75) is 20.8 Å². The average molecular weight is 183 g/mol. The van der Waals surface area contributed by atoms with Crippen LogP contribution in [0.3, 0.4) is 0 Å². The standard InChI is InChI=1S/C10H17NO2/c1-5-11(6-2)7-9(8(3)4)10(12)13/h7H,3,5-6H2,1-2,4H3,(H,12,13)/b9-7-. The van der Waals surface area contributed by atoms with Gasteiger partial charge < -0.3 is 10.0 Å². The van der Waals surface area contributed by atoms with Gasteiger partial charge in [0.05, 0.1) is 5.57 Å². The van der Waals surface area contributed by atoms with Gasteiger partial charge >= 0.3 is 5.97 Å². The van der Waals surface area contributed by atoms with E-state index in [0.717, 1.165) is 13.1 Å². The van der Waals surface area contributed by atoms with Gasteiger partial charge in [0.15, 0.2) is 0 Å². The van der Waals surface area contributed by atoms with Gasteiger partial charge in [0.25, 0.3) is 0 Å². The van der Waals surface area contributed by atoms with Crippen LogP contribution in [0.25, 0.3) is 0 Å². The van der Waals surface area contributed by atoms with Crippen LogP contribution < -0.4 is 0 Å². The molecule has 0 radical (unpaired) electrons. The molecule has 0 saturated carbocycles. The maximum absolute atomic E-state index is 10.8. The fourth-order valence-corrected chi connectivity index (χ4v) is 0.937. The van der Waals surface area contributed by atoms with Crippen LogP contribution in [0.5, 0.6) is 0 Å². The van der Waals surface area contributed by atoms with Gasteiger partial charge in [-0.2, -0.15) is 0 Å². The van der Waals surface area contributed by atoms with E-state index in [9.17, 15) is 4.79 Å². The van der Waals surface area contributed by atoms with Crippen molar-refractivity contribution in [3.8, 4) is 0 Å². The third-order valence-electron chi connectivity index (χ3n) is 1.81. The lowest BCUT2D eigenvalue weighted by Crippen LogP contribution is -2.18. The molecule has 1 N–H and O–H groups in total. The molecular formula is C10H17NO2. The molecule has 3 heteroatoms. The SMILES string of the molecule is C=C(C)/C(=C/N(CC)CC)C(=O)O. The van der Waals surface area contributed by atoms with Crippen molar-refractivity contribution >= 4 is 5.97 Å². The third kappa shape index (κ3) is 3.78. The van der Waals surface area contributed by atoms with Gasteiger partial charge in [0, 0.05) is 19.3 Å². The van der Waals surface area contributed by atoms with Gasteiger partial charge in [-0.15, -0.1) is 0 Å². The molecule has 3 nitrogen and oxygen atoms in total. The van der Waals surface area contributed by atoms with E-state index in [1.807, 2.05) is 18.7 Å². The molecule has 0 atom stereocenters. The van der Waals surface area contributed by atoms with Crippen LogP contribution in [-0.2, 0) is 4.79 Å². The molecule has 0 heterocycles. The van der Waals surface area contributed by atoms with E-state index < -0.39 is 5.97 Å². The topological polar surface area (TPSA) is 40.5 Å². The van der Waals surface area contributed by atoms with Gasteiger partial charge in [0.1, 0.15) is 0 Å². The number of carboxylic acids is 1. The molecule has 0 aromatic heterocycles. The molecule has 0 bridgehead atoms. The highest BCUT2D eigenvalue weighted by atomic mass is 16.4. The van der Waals surface area contributed by atoms with Crippen molar-refractivity contribution in [1.29, 1.82) is 0 Å². The first kappa shape index (κ1) is 11.8. The normalized spacial score (nSPS) is 11.2. The zero-order chi connectivity index (χ0) is 10.4. The molecule has 0 aliphatic carbocycles. The zero-order valence-electron chi connectivity index (χ0n) is 8.50. The first-order valence-electron chi connectivity index (χ1n) is 4.37. The van der Waals surface area contributed by atoms with Crippen LogP contribution in [0, 0.1) is 0 Å². The lowest BCUT2D eigenvalue weighted by Gasteiger charge is -2.16. The second-order valence-electron chi connectivity index (χ2n) is 2.85.